The monoisotopic (exact) mass is 284 g/mol. The van der Waals surface area contributed by atoms with Gasteiger partial charge in [-0.05, 0) is 30.9 Å². The molecule has 2 rings (SSSR count). The van der Waals surface area contributed by atoms with Gasteiger partial charge in [0.1, 0.15) is 11.6 Å². The Bertz CT molecular complexity index is 449. The van der Waals surface area contributed by atoms with Crippen LogP contribution in [0.15, 0.2) is 18.2 Å². The Balaban J connectivity index is 2.44. The van der Waals surface area contributed by atoms with Gasteiger partial charge in [-0.3, -0.25) is 5.84 Å². The van der Waals surface area contributed by atoms with E-state index in [1.165, 1.54) is 18.2 Å². The summed E-state index contributed by atoms with van der Waals surface area (Å²) in [7, 11) is 1.58. The maximum absolute atomic E-state index is 14.1. The molecule has 0 radical (unpaired) electrons. The highest BCUT2D eigenvalue weighted by atomic mass is 19.1. The van der Waals surface area contributed by atoms with Crippen LogP contribution in [0.25, 0.3) is 0 Å². The van der Waals surface area contributed by atoms with Gasteiger partial charge in [-0.1, -0.05) is 25.8 Å². The van der Waals surface area contributed by atoms with Gasteiger partial charge in [0.2, 0.25) is 0 Å². The summed E-state index contributed by atoms with van der Waals surface area (Å²) >= 11 is 0. The summed E-state index contributed by atoms with van der Waals surface area (Å²) in [5.41, 5.74) is 1.87. The number of methoxy groups -OCH3 is 1. The van der Waals surface area contributed by atoms with Crippen LogP contribution in [-0.4, -0.2) is 12.7 Å². The van der Waals surface area contributed by atoms with E-state index in [4.69, 9.17) is 10.6 Å². The first-order valence-corrected chi connectivity index (χ1v) is 6.99. The summed E-state index contributed by atoms with van der Waals surface area (Å²) < 4.78 is 33.8. The fourth-order valence-corrected chi connectivity index (χ4v) is 3.39. The van der Waals surface area contributed by atoms with Crippen LogP contribution in [0, 0.1) is 17.6 Å². The molecular weight excluding hydrogens is 262 g/mol. The van der Waals surface area contributed by atoms with Gasteiger partial charge in [0.25, 0.3) is 0 Å². The normalized spacial score (nSPS) is 28.4. The molecule has 3 N–H and O–H groups in total. The Morgan fingerprint density at radius 2 is 2.05 bits per heavy atom. The van der Waals surface area contributed by atoms with Crippen LogP contribution >= 0.6 is 0 Å². The van der Waals surface area contributed by atoms with Crippen molar-refractivity contribution in [1.82, 2.24) is 5.43 Å². The predicted octanol–water partition coefficient (Wildman–Crippen LogP) is 3.06. The molecule has 0 saturated heterocycles. The van der Waals surface area contributed by atoms with Crippen LogP contribution in [0.3, 0.4) is 0 Å². The van der Waals surface area contributed by atoms with E-state index in [2.05, 4.69) is 12.3 Å². The summed E-state index contributed by atoms with van der Waals surface area (Å²) in [6.07, 6.45) is 3.52. The Morgan fingerprint density at radius 3 is 2.55 bits per heavy atom. The third kappa shape index (κ3) is 2.71. The Kier molecular flexibility index (Phi) is 4.73. The van der Waals surface area contributed by atoms with Crippen molar-refractivity contribution >= 4 is 0 Å². The minimum Gasteiger partial charge on any atom is -0.376 e. The van der Waals surface area contributed by atoms with Crippen molar-refractivity contribution < 1.29 is 13.5 Å². The van der Waals surface area contributed by atoms with Gasteiger partial charge in [-0.2, -0.15) is 0 Å². The lowest BCUT2D eigenvalue weighted by Gasteiger charge is -2.44. The molecule has 5 heteroatoms. The molecule has 1 fully saturated rings. The molecule has 0 aliphatic heterocycles. The molecule has 1 aromatic carbocycles. The zero-order valence-electron chi connectivity index (χ0n) is 12.0. The molecular formula is C15H22F2N2O. The molecule has 1 saturated carbocycles. The Morgan fingerprint density at radius 1 is 1.40 bits per heavy atom. The van der Waals surface area contributed by atoms with E-state index in [1.807, 2.05) is 0 Å². The highest BCUT2D eigenvalue weighted by Gasteiger charge is 2.44. The summed E-state index contributed by atoms with van der Waals surface area (Å²) in [4.78, 5) is 0. The van der Waals surface area contributed by atoms with Crippen LogP contribution in [0.5, 0.6) is 0 Å². The third-order valence-electron chi connectivity index (χ3n) is 4.38. The first-order chi connectivity index (χ1) is 9.54. The van der Waals surface area contributed by atoms with Crippen LogP contribution in [0.2, 0.25) is 0 Å². The Labute approximate surface area is 118 Å². The van der Waals surface area contributed by atoms with Crippen molar-refractivity contribution in [2.75, 3.05) is 7.11 Å². The van der Waals surface area contributed by atoms with Crippen molar-refractivity contribution in [2.45, 2.75) is 44.2 Å². The van der Waals surface area contributed by atoms with E-state index in [1.54, 1.807) is 7.11 Å². The van der Waals surface area contributed by atoms with Gasteiger partial charge in [0.05, 0.1) is 11.6 Å². The standard InChI is InChI=1S/C15H22F2N2O/c1-10-5-4-8-15(9-10,20-2)14(19-18)13-11(16)6-3-7-12(13)17/h3,6-7,10,14,19H,4-5,8-9,18H2,1-2H3. The SMILES string of the molecule is COC1(C(NN)c2c(F)cccc2F)CCCC(C)C1. The lowest BCUT2D eigenvalue weighted by molar-refractivity contribution is -0.0820. The smallest absolute Gasteiger partial charge is 0.131 e. The van der Waals surface area contributed by atoms with Crippen molar-refractivity contribution in [3.05, 3.63) is 35.4 Å². The zero-order chi connectivity index (χ0) is 14.8. The summed E-state index contributed by atoms with van der Waals surface area (Å²) in [6.45, 7) is 2.12. The molecule has 3 nitrogen and oxygen atoms in total. The quantitative estimate of drug-likeness (QED) is 0.660. The molecule has 0 bridgehead atoms. The molecule has 3 unspecified atom stereocenters. The highest BCUT2D eigenvalue weighted by molar-refractivity contribution is 5.26. The number of nitrogens with one attached hydrogen (secondary N) is 1. The molecule has 0 aromatic heterocycles. The first kappa shape index (κ1) is 15.4. The molecule has 1 aromatic rings. The number of rotatable bonds is 4. The maximum Gasteiger partial charge on any atom is 0.131 e. The average Bonchev–Trinajstić information content (AvgIpc) is 2.43. The van der Waals surface area contributed by atoms with E-state index in [0.717, 1.165) is 25.7 Å². The van der Waals surface area contributed by atoms with Crippen molar-refractivity contribution in [3.8, 4) is 0 Å². The second-order valence-corrected chi connectivity index (χ2v) is 5.71. The molecule has 1 aliphatic rings. The van der Waals surface area contributed by atoms with E-state index >= 15 is 0 Å². The number of nitrogens with two attached hydrogens (primary N) is 1. The predicted molar refractivity (Wildman–Crippen MR) is 73.8 cm³/mol. The number of hydrogen-bond acceptors (Lipinski definition) is 3. The molecule has 20 heavy (non-hydrogen) atoms. The van der Waals surface area contributed by atoms with Crippen LogP contribution in [0.4, 0.5) is 8.78 Å². The van der Waals surface area contributed by atoms with Crippen LogP contribution in [0.1, 0.15) is 44.2 Å². The molecule has 0 spiro atoms. The number of hydrazine groups is 1. The van der Waals surface area contributed by atoms with E-state index in [9.17, 15) is 8.78 Å². The average molecular weight is 284 g/mol. The summed E-state index contributed by atoms with van der Waals surface area (Å²) in [6, 6.07) is 3.15. The molecule has 3 atom stereocenters. The second-order valence-electron chi connectivity index (χ2n) is 5.71. The summed E-state index contributed by atoms with van der Waals surface area (Å²) in [5, 5.41) is 0. The fourth-order valence-electron chi connectivity index (χ4n) is 3.39. The van der Waals surface area contributed by atoms with Gasteiger partial charge in [-0.25, -0.2) is 14.2 Å². The number of ether oxygens (including phenoxy) is 1. The highest BCUT2D eigenvalue weighted by Crippen LogP contribution is 2.44. The van der Waals surface area contributed by atoms with Crippen molar-refractivity contribution in [2.24, 2.45) is 11.8 Å². The van der Waals surface area contributed by atoms with E-state index in [-0.39, 0.29) is 5.56 Å². The fraction of sp³-hybridized carbons (Fsp3) is 0.600. The maximum atomic E-state index is 14.1. The second kappa shape index (κ2) is 6.16. The first-order valence-electron chi connectivity index (χ1n) is 6.99. The van der Waals surface area contributed by atoms with E-state index in [0.29, 0.717) is 5.92 Å². The molecule has 1 aliphatic carbocycles. The minimum absolute atomic E-state index is 0.0362. The van der Waals surface area contributed by atoms with Gasteiger partial charge in [0.15, 0.2) is 0 Å². The number of halogens is 2. The summed E-state index contributed by atoms with van der Waals surface area (Å²) in [5.74, 6) is 4.87. The van der Waals surface area contributed by atoms with Gasteiger partial charge in [0, 0.05) is 12.7 Å². The minimum atomic E-state index is -0.698. The molecule has 0 heterocycles. The lowest BCUT2D eigenvalue weighted by Crippen LogP contribution is -2.51. The van der Waals surface area contributed by atoms with Crippen molar-refractivity contribution in [1.29, 1.82) is 0 Å². The lowest BCUT2D eigenvalue weighted by atomic mass is 9.72. The van der Waals surface area contributed by atoms with Crippen LogP contribution in [-0.2, 0) is 4.74 Å². The topological polar surface area (TPSA) is 47.3 Å². The van der Waals surface area contributed by atoms with Crippen molar-refractivity contribution in [3.63, 3.8) is 0 Å². The number of hydrogen-bond donors (Lipinski definition) is 2. The van der Waals surface area contributed by atoms with Crippen LogP contribution < -0.4 is 11.3 Å². The number of benzene rings is 1. The van der Waals surface area contributed by atoms with E-state index < -0.39 is 23.3 Å². The zero-order valence-corrected chi connectivity index (χ0v) is 12.0. The largest absolute Gasteiger partial charge is 0.376 e. The van der Waals surface area contributed by atoms with Gasteiger partial charge >= 0.3 is 0 Å². The van der Waals surface area contributed by atoms with Gasteiger partial charge in [-0.15, -0.1) is 0 Å². The molecule has 0 amide bonds. The third-order valence-corrected chi connectivity index (χ3v) is 4.38. The van der Waals surface area contributed by atoms with Gasteiger partial charge < -0.3 is 4.74 Å². The Hall–Kier alpha value is -1.04. The molecule has 112 valence electrons.